The number of hydrogen-bond acceptors (Lipinski definition) is 3. The molecule has 5 nitrogen and oxygen atoms in total. The van der Waals surface area contributed by atoms with Crippen LogP contribution in [0.15, 0.2) is 30.3 Å². The molecule has 0 saturated carbocycles. The van der Waals surface area contributed by atoms with Gasteiger partial charge in [0.2, 0.25) is 11.8 Å². The molecule has 1 aromatic carbocycles. The van der Waals surface area contributed by atoms with E-state index >= 15 is 0 Å². The molecule has 2 rings (SSSR count). The van der Waals surface area contributed by atoms with Crippen molar-refractivity contribution in [2.75, 3.05) is 13.1 Å². The van der Waals surface area contributed by atoms with Gasteiger partial charge in [0.1, 0.15) is 12.2 Å². The number of nitrogens with zero attached hydrogens (tertiary/aromatic N) is 1. The number of carbonyl (C=O) groups is 2. The second-order valence-electron chi connectivity index (χ2n) is 5.18. The molecule has 1 heterocycles. The Balaban J connectivity index is 1.83. The molecule has 1 aliphatic heterocycles. The molecule has 0 unspecified atom stereocenters. The van der Waals surface area contributed by atoms with E-state index in [0.29, 0.717) is 6.54 Å². The van der Waals surface area contributed by atoms with E-state index in [1.807, 2.05) is 44.2 Å². The molecule has 1 aliphatic rings. The van der Waals surface area contributed by atoms with Crippen molar-refractivity contribution in [2.24, 2.45) is 0 Å². The first kappa shape index (κ1) is 13.5. The van der Waals surface area contributed by atoms with Crippen LogP contribution < -0.4 is 10.6 Å². The first-order chi connectivity index (χ1) is 8.99. The summed E-state index contributed by atoms with van der Waals surface area (Å²) in [5.74, 6) is -0.180. The van der Waals surface area contributed by atoms with Crippen LogP contribution in [0.4, 0.5) is 0 Å². The average molecular weight is 261 g/mol. The van der Waals surface area contributed by atoms with Gasteiger partial charge in [0.15, 0.2) is 0 Å². The predicted octanol–water partition coefficient (Wildman–Crippen LogP) is 0.471. The zero-order valence-corrected chi connectivity index (χ0v) is 11.3. The highest BCUT2D eigenvalue weighted by atomic mass is 16.2. The highest BCUT2D eigenvalue weighted by molar-refractivity contribution is 5.90. The van der Waals surface area contributed by atoms with Gasteiger partial charge in [-0.05, 0) is 19.4 Å². The molecule has 2 N–H and O–H groups in total. The Labute approximate surface area is 113 Å². The van der Waals surface area contributed by atoms with E-state index < -0.39 is 5.66 Å². The topological polar surface area (TPSA) is 61.4 Å². The van der Waals surface area contributed by atoms with Crippen molar-refractivity contribution in [1.29, 1.82) is 0 Å². The summed E-state index contributed by atoms with van der Waals surface area (Å²) >= 11 is 0. The third kappa shape index (κ3) is 3.32. The number of rotatable bonds is 4. The van der Waals surface area contributed by atoms with E-state index in [1.165, 1.54) is 0 Å². The van der Waals surface area contributed by atoms with Gasteiger partial charge >= 0.3 is 0 Å². The third-order valence-electron chi connectivity index (χ3n) is 3.17. The third-order valence-corrected chi connectivity index (χ3v) is 3.17. The van der Waals surface area contributed by atoms with Crippen LogP contribution in [0, 0.1) is 0 Å². The van der Waals surface area contributed by atoms with Crippen LogP contribution >= 0.6 is 0 Å². The SMILES string of the molecule is CC1(C)NC(=O)CN1C(=O)CNCc1ccccc1. The summed E-state index contributed by atoms with van der Waals surface area (Å²) < 4.78 is 0. The van der Waals surface area contributed by atoms with Crippen LogP contribution in [0.3, 0.4) is 0 Å². The van der Waals surface area contributed by atoms with E-state index in [-0.39, 0.29) is 24.9 Å². The molecule has 1 fully saturated rings. The molecule has 102 valence electrons. The smallest absolute Gasteiger partial charge is 0.241 e. The zero-order valence-electron chi connectivity index (χ0n) is 11.3. The summed E-state index contributed by atoms with van der Waals surface area (Å²) in [5, 5.41) is 5.87. The maximum atomic E-state index is 12.1. The minimum atomic E-state index is -0.595. The van der Waals surface area contributed by atoms with Crippen LogP contribution in [0.5, 0.6) is 0 Å². The number of carbonyl (C=O) groups excluding carboxylic acids is 2. The number of nitrogens with one attached hydrogen (secondary N) is 2. The average Bonchev–Trinajstić information content (AvgIpc) is 2.64. The molecule has 1 saturated heterocycles. The van der Waals surface area contributed by atoms with Crippen molar-refractivity contribution in [3.05, 3.63) is 35.9 Å². The summed E-state index contributed by atoms with van der Waals surface area (Å²) in [6.07, 6.45) is 0. The highest BCUT2D eigenvalue weighted by Gasteiger charge is 2.39. The number of amides is 2. The highest BCUT2D eigenvalue weighted by Crippen LogP contribution is 2.16. The van der Waals surface area contributed by atoms with Crippen molar-refractivity contribution in [2.45, 2.75) is 26.1 Å². The lowest BCUT2D eigenvalue weighted by Crippen LogP contribution is -2.51. The normalized spacial score (nSPS) is 17.4. The fourth-order valence-corrected chi connectivity index (χ4v) is 2.19. The number of hydrogen-bond donors (Lipinski definition) is 2. The second kappa shape index (κ2) is 5.40. The largest absolute Gasteiger partial charge is 0.332 e. The summed E-state index contributed by atoms with van der Waals surface area (Å²) in [6.45, 7) is 4.66. The molecular weight excluding hydrogens is 242 g/mol. The van der Waals surface area contributed by atoms with E-state index in [1.54, 1.807) is 4.90 Å². The Morgan fingerprint density at radius 2 is 2.05 bits per heavy atom. The predicted molar refractivity (Wildman–Crippen MR) is 72.1 cm³/mol. The maximum Gasteiger partial charge on any atom is 0.241 e. The summed E-state index contributed by atoms with van der Waals surface area (Å²) in [5.41, 5.74) is 0.535. The van der Waals surface area contributed by atoms with Crippen LogP contribution in [-0.4, -0.2) is 35.5 Å². The van der Waals surface area contributed by atoms with Crippen molar-refractivity contribution < 1.29 is 9.59 Å². The molecule has 5 heteroatoms. The van der Waals surface area contributed by atoms with Gasteiger partial charge in [0.25, 0.3) is 0 Å². The van der Waals surface area contributed by atoms with Crippen molar-refractivity contribution in [3.8, 4) is 0 Å². The molecule has 0 radical (unpaired) electrons. The molecule has 1 aromatic rings. The van der Waals surface area contributed by atoms with Crippen LogP contribution in [0.1, 0.15) is 19.4 Å². The van der Waals surface area contributed by atoms with Crippen molar-refractivity contribution >= 4 is 11.8 Å². The van der Waals surface area contributed by atoms with Gasteiger partial charge in [-0.2, -0.15) is 0 Å². The maximum absolute atomic E-state index is 12.1. The van der Waals surface area contributed by atoms with Gasteiger partial charge in [-0.25, -0.2) is 0 Å². The molecule has 0 aromatic heterocycles. The molecular formula is C14H19N3O2. The van der Waals surface area contributed by atoms with Gasteiger partial charge < -0.3 is 15.5 Å². The Morgan fingerprint density at radius 1 is 1.37 bits per heavy atom. The minimum Gasteiger partial charge on any atom is -0.332 e. The molecule has 19 heavy (non-hydrogen) atoms. The molecule has 0 aliphatic carbocycles. The van der Waals surface area contributed by atoms with E-state index in [4.69, 9.17) is 0 Å². The van der Waals surface area contributed by atoms with Gasteiger partial charge in [-0.3, -0.25) is 9.59 Å². The molecule has 0 bridgehead atoms. The summed E-state index contributed by atoms with van der Waals surface area (Å²) in [6, 6.07) is 9.89. The lowest BCUT2D eigenvalue weighted by molar-refractivity contribution is -0.134. The molecule has 2 amide bonds. The summed E-state index contributed by atoms with van der Waals surface area (Å²) in [4.78, 5) is 25.0. The Kier molecular flexibility index (Phi) is 3.85. The van der Waals surface area contributed by atoms with Crippen LogP contribution in [-0.2, 0) is 16.1 Å². The van der Waals surface area contributed by atoms with Crippen molar-refractivity contribution in [1.82, 2.24) is 15.5 Å². The first-order valence-electron chi connectivity index (χ1n) is 6.35. The van der Waals surface area contributed by atoms with Crippen LogP contribution in [0.25, 0.3) is 0 Å². The Hall–Kier alpha value is -1.88. The van der Waals surface area contributed by atoms with E-state index in [2.05, 4.69) is 10.6 Å². The van der Waals surface area contributed by atoms with Crippen LogP contribution in [0.2, 0.25) is 0 Å². The molecule has 0 spiro atoms. The van der Waals surface area contributed by atoms with Gasteiger partial charge in [-0.1, -0.05) is 30.3 Å². The fourth-order valence-electron chi connectivity index (χ4n) is 2.19. The monoisotopic (exact) mass is 261 g/mol. The van der Waals surface area contributed by atoms with E-state index in [0.717, 1.165) is 5.56 Å². The standard InChI is InChI=1S/C14H19N3O2/c1-14(2)16-12(18)10-17(14)13(19)9-15-8-11-6-4-3-5-7-11/h3-7,15H,8-10H2,1-2H3,(H,16,18). The lowest BCUT2D eigenvalue weighted by atomic mass is 10.2. The lowest BCUT2D eigenvalue weighted by Gasteiger charge is -2.30. The first-order valence-corrected chi connectivity index (χ1v) is 6.35. The van der Waals surface area contributed by atoms with Gasteiger partial charge in [0, 0.05) is 6.54 Å². The minimum absolute atomic E-state index is 0.0701. The second-order valence-corrected chi connectivity index (χ2v) is 5.18. The Morgan fingerprint density at radius 3 is 2.63 bits per heavy atom. The van der Waals surface area contributed by atoms with Crippen molar-refractivity contribution in [3.63, 3.8) is 0 Å². The van der Waals surface area contributed by atoms with E-state index in [9.17, 15) is 9.59 Å². The zero-order chi connectivity index (χ0) is 13.9. The van der Waals surface area contributed by atoms with Gasteiger partial charge in [0.05, 0.1) is 6.54 Å². The molecule has 0 atom stereocenters. The summed E-state index contributed by atoms with van der Waals surface area (Å²) in [7, 11) is 0. The van der Waals surface area contributed by atoms with Gasteiger partial charge in [-0.15, -0.1) is 0 Å². The number of benzene rings is 1. The quantitative estimate of drug-likeness (QED) is 0.828. The Bertz CT molecular complexity index is 471. The fraction of sp³-hybridized carbons (Fsp3) is 0.429.